The predicted molar refractivity (Wildman–Crippen MR) is 174 cm³/mol. The number of anilines is 4. The van der Waals surface area contributed by atoms with Crippen LogP contribution in [-0.4, -0.2) is 30.9 Å². The Hall–Kier alpha value is -5.40. The van der Waals surface area contributed by atoms with Crippen molar-refractivity contribution in [1.82, 2.24) is 4.98 Å². The van der Waals surface area contributed by atoms with E-state index in [0.717, 1.165) is 0 Å². The van der Waals surface area contributed by atoms with Crippen molar-refractivity contribution in [1.29, 1.82) is 0 Å². The first-order valence-electron chi connectivity index (χ1n) is 14.0. The summed E-state index contributed by atoms with van der Waals surface area (Å²) in [5.74, 6) is 0. The van der Waals surface area contributed by atoms with Crippen molar-refractivity contribution in [3.63, 3.8) is 0 Å². The molecule has 7 aromatic rings. The molecule has 0 saturated carbocycles. The van der Waals surface area contributed by atoms with Crippen molar-refractivity contribution < 1.29 is 30.5 Å². The molecule has 0 aliphatic carbocycles. The molecule has 0 unspecified atom stereocenters. The van der Waals surface area contributed by atoms with Gasteiger partial charge in [-0.3, -0.25) is 0 Å². The van der Waals surface area contributed by atoms with E-state index in [1.807, 2.05) is 59.2 Å². The number of benzene rings is 6. The van der Waals surface area contributed by atoms with Crippen LogP contribution in [0.4, 0.5) is 22.7 Å². The Balaban J connectivity index is 1.65. The third kappa shape index (κ3) is 5.39. The number of fused-ring (bicyclic) bond motifs is 4. The summed E-state index contributed by atoms with van der Waals surface area (Å²) in [6, 6.07) is 36.0. The summed E-state index contributed by atoms with van der Waals surface area (Å²) in [4.78, 5) is 3.86. The van der Waals surface area contributed by atoms with Crippen LogP contribution in [0.15, 0.2) is 137 Å². The lowest BCUT2D eigenvalue weighted by Gasteiger charge is -2.18. The van der Waals surface area contributed by atoms with Gasteiger partial charge in [0.15, 0.2) is 0 Å². The van der Waals surface area contributed by atoms with Gasteiger partial charge >= 0.3 is 0 Å². The fraction of sp³-hybridized carbons (Fsp3) is 0. The van der Waals surface area contributed by atoms with Gasteiger partial charge in [0.1, 0.15) is 31.3 Å². The highest BCUT2D eigenvalue weighted by Crippen LogP contribution is 2.38. The second kappa shape index (κ2) is 11.2. The minimum Gasteiger partial charge on any atom is -0.744 e. The van der Waals surface area contributed by atoms with Crippen LogP contribution >= 0.6 is 0 Å². The van der Waals surface area contributed by atoms with Crippen molar-refractivity contribution in [2.24, 2.45) is 0 Å². The van der Waals surface area contributed by atoms with E-state index in [1.165, 1.54) is 18.2 Å². The third-order valence-electron chi connectivity index (χ3n) is 7.52. The summed E-state index contributed by atoms with van der Waals surface area (Å²) >= 11 is 0. The van der Waals surface area contributed by atoms with E-state index in [-0.39, 0.29) is 22.1 Å². The van der Waals surface area contributed by atoms with Gasteiger partial charge in [-0.05, 0) is 36.4 Å². The second-order valence-electron chi connectivity index (χ2n) is 10.5. The van der Waals surface area contributed by atoms with Gasteiger partial charge in [-0.25, -0.2) is 21.8 Å². The Bertz CT molecular complexity index is 2510. The zero-order valence-electron chi connectivity index (χ0n) is 23.8. The fourth-order valence-corrected chi connectivity index (χ4v) is 6.96. The van der Waals surface area contributed by atoms with E-state index in [2.05, 4.69) is 10.6 Å². The molecule has 0 saturated heterocycles. The molecule has 1 aromatic heterocycles. The first-order valence-corrected chi connectivity index (χ1v) is 16.8. The van der Waals surface area contributed by atoms with Crippen LogP contribution in [0.25, 0.3) is 38.5 Å². The summed E-state index contributed by atoms with van der Waals surface area (Å²) in [6.07, 6.45) is 0. The molecule has 12 heteroatoms. The van der Waals surface area contributed by atoms with Gasteiger partial charge in [0.25, 0.3) is 0 Å². The second-order valence-corrected chi connectivity index (χ2v) is 13.2. The van der Waals surface area contributed by atoms with Crippen molar-refractivity contribution in [3.8, 4) is 5.69 Å². The molecule has 0 aliphatic heterocycles. The number of rotatable bonds is 7. The Morgan fingerprint density at radius 2 is 1.11 bits per heavy atom. The van der Waals surface area contributed by atoms with E-state index in [0.29, 0.717) is 39.2 Å². The maximum Gasteiger partial charge on any atom is 0.240 e. The predicted octanol–water partition coefficient (Wildman–Crippen LogP) is 6.11. The first-order chi connectivity index (χ1) is 22.1. The van der Waals surface area contributed by atoms with Crippen molar-refractivity contribution in [3.05, 3.63) is 127 Å². The Kier molecular flexibility index (Phi) is 7.13. The van der Waals surface area contributed by atoms with Gasteiger partial charge < -0.3 is 19.7 Å². The minimum atomic E-state index is -4.98. The summed E-state index contributed by atoms with van der Waals surface area (Å²) < 4.78 is 77.0. The molecular formula is C34H23N4O6S2-. The summed E-state index contributed by atoms with van der Waals surface area (Å²) in [5.41, 5.74) is 3.73. The molecule has 7 rings (SSSR count). The average molecular weight is 648 g/mol. The van der Waals surface area contributed by atoms with Crippen LogP contribution in [-0.2, 0) is 20.2 Å². The lowest BCUT2D eigenvalue weighted by Crippen LogP contribution is -2.33. The molecule has 10 nitrogen and oxygen atoms in total. The van der Waals surface area contributed by atoms with Crippen LogP contribution in [0.5, 0.6) is 0 Å². The van der Waals surface area contributed by atoms with Crippen LogP contribution in [0.1, 0.15) is 0 Å². The number of nitrogens with one attached hydrogen (secondary N) is 2. The van der Waals surface area contributed by atoms with Crippen molar-refractivity contribution >= 4 is 75.8 Å². The molecule has 46 heavy (non-hydrogen) atoms. The number of hydrogen-bond acceptors (Lipinski definition) is 9. The molecule has 2 N–H and O–H groups in total. The smallest absolute Gasteiger partial charge is 0.240 e. The Labute approximate surface area is 264 Å². The SMILES string of the molecule is O=S(=O)([O-])c1cc2nc3c4cccc(S(=O)(=O)[O-])c4c(Nc4ccccc4)cc3[n+](-c3ccccc3)c2cc1Nc1ccccc1. The monoisotopic (exact) mass is 647 g/mol. The number of hydrogen-bond donors (Lipinski definition) is 2. The van der Waals surface area contributed by atoms with Crippen molar-refractivity contribution in [2.75, 3.05) is 10.6 Å². The molecule has 0 aliphatic rings. The molecule has 0 spiro atoms. The van der Waals surface area contributed by atoms with Crippen LogP contribution in [0, 0.1) is 0 Å². The lowest BCUT2D eigenvalue weighted by atomic mass is 10.0. The molecular weight excluding hydrogens is 625 g/mol. The van der Waals surface area contributed by atoms with E-state index >= 15 is 0 Å². The topological polar surface area (TPSA) is 155 Å². The standard InChI is InChI=1S/C34H24N4O6S2/c39-45(40,41)31-18-10-17-25-33(31)28(36-23-13-6-2-7-14-23)20-30-34(25)37-26-21-32(46(42,43)44)27(35-22-11-4-1-5-12-22)19-29(26)38(30)24-15-8-3-9-16-24/h1-21H,(H3,35,36,39,40,41,42,43,44)/p-1. The maximum atomic E-state index is 12.6. The van der Waals surface area contributed by atoms with Crippen LogP contribution in [0.3, 0.4) is 0 Å². The molecule has 1 heterocycles. The maximum absolute atomic E-state index is 12.6. The van der Waals surface area contributed by atoms with E-state index in [9.17, 15) is 25.9 Å². The normalized spacial score (nSPS) is 12.0. The highest BCUT2D eigenvalue weighted by molar-refractivity contribution is 7.86. The van der Waals surface area contributed by atoms with Gasteiger partial charge in [-0.15, -0.1) is 4.57 Å². The highest BCUT2D eigenvalue weighted by Gasteiger charge is 2.27. The number of nitrogens with zero attached hydrogens (tertiary/aromatic N) is 2. The summed E-state index contributed by atoms with van der Waals surface area (Å²) in [5, 5.41) is 6.79. The molecule has 228 valence electrons. The number of para-hydroxylation sites is 3. The highest BCUT2D eigenvalue weighted by atomic mass is 32.2. The zero-order valence-corrected chi connectivity index (χ0v) is 25.4. The van der Waals surface area contributed by atoms with E-state index in [1.54, 1.807) is 54.6 Å². The van der Waals surface area contributed by atoms with Gasteiger partial charge in [0.05, 0.1) is 21.2 Å². The van der Waals surface area contributed by atoms with Gasteiger partial charge in [-0.1, -0.05) is 66.7 Å². The Morgan fingerprint density at radius 1 is 0.565 bits per heavy atom. The average Bonchev–Trinajstić information content (AvgIpc) is 3.04. The molecule has 0 fully saturated rings. The van der Waals surface area contributed by atoms with Crippen molar-refractivity contribution in [2.45, 2.75) is 9.79 Å². The molecule has 0 bridgehead atoms. The summed E-state index contributed by atoms with van der Waals surface area (Å²) in [6.45, 7) is 0. The first kappa shape index (κ1) is 29.3. The van der Waals surface area contributed by atoms with Gasteiger partial charge in [-0.2, -0.15) is 0 Å². The largest absolute Gasteiger partial charge is 0.744 e. The third-order valence-corrected chi connectivity index (χ3v) is 9.28. The van der Waals surface area contributed by atoms with E-state index < -0.39 is 30.0 Å². The quantitative estimate of drug-likeness (QED) is 0.0902. The molecule has 0 atom stereocenters. The molecule has 6 aromatic carbocycles. The summed E-state index contributed by atoms with van der Waals surface area (Å²) in [7, 11) is -9.91. The van der Waals surface area contributed by atoms with Gasteiger partial charge in [0.2, 0.25) is 16.7 Å². The van der Waals surface area contributed by atoms with Crippen LogP contribution < -0.4 is 15.2 Å². The lowest BCUT2D eigenvalue weighted by molar-refractivity contribution is -0.538. The number of aromatic nitrogens is 2. The fourth-order valence-electron chi connectivity index (χ4n) is 5.61. The van der Waals surface area contributed by atoms with Crippen LogP contribution in [0.2, 0.25) is 0 Å². The zero-order chi connectivity index (χ0) is 32.1. The van der Waals surface area contributed by atoms with E-state index in [4.69, 9.17) is 4.98 Å². The van der Waals surface area contributed by atoms with Gasteiger partial charge in [0, 0.05) is 46.4 Å². The Morgan fingerprint density at radius 3 is 1.70 bits per heavy atom. The molecule has 0 amide bonds. The minimum absolute atomic E-state index is 0.0580. The molecule has 0 radical (unpaired) electrons.